The first-order chi connectivity index (χ1) is 12.1. The van der Waals surface area contributed by atoms with Crippen LogP contribution in [0.15, 0.2) is 59.7 Å². The Bertz CT molecular complexity index is 1140. The number of benzene rings is 1. The Morgan fingerprint density at radius 2 is 1.96 bits per heavy atom. The predicted octanol–water partition coefficient (Wildman–Crippen LogP) is 2.06. The fourth-order valence-electron chi connectivity index (χ4n) is 2.83. The van der Waals surface area contributed by atoms with Gasteiger partial charge in [0.2, 0.25) is 5.43 Å². The van der Waals surface area contributed by atoms with Crippen LogP contribution in [0.5, 0.6) is 0 Å². The summed E-state index contributed by atoms with van der Waals surface area (Å²) in [5, 5.41) is 11.5. The summed E-state index contributed by atoms with van der Waals surface area (Å²) >= 11 is 0. The lowest BCUT2D eigenvalue weighted by Gasteiger charge is -2.12. The highest BCUT2D eigenvalue weighted by molar-refractivity contribution is 5.97. The van der Waals surface area contributed by atoms with E-state index in [0.717, 1.165) is 0 Å². The van der Waals surface area contributed by atoms with Crippen molar-refractivity contribution in [3.05, 3.63) is 76.5 Å². The number of carbonyl (C=O) groups excluding carboxylic acids is 1. The quantitative estimate of drug-likeness (QED) is 0.600. The zero-order valence-electron chi connectivity index (χ0n) is 13.4. The molecule has 0 aliphatic rings. The van der Waals surface area contributed by atoms with Crippen LogP contribution in [0.1, 0.15) is 29.1 Å². The number of pyridine rings is 2. The number of H-pyrrole nitrogens is 1. The van der Waals surface area contributed by atoms with E-state index in [0.29, 0.717) is 22.4 Å². The van der Waals surface area contributed by atoms with E-state index in [9.17, 15) is 9.59 Å². The van der Waals surface area contributed by atoms with Gasteiger partial charge in [0.05, 0.1) is 6.04 Å². The smallest absolute Gasteiger partial charge is 0.257 e. The molecule has 1 amide bonds. The molecule has 4 aromatic rings. The number of fused-ring (bicyclic) bond motifs is 2. The Balaban J connectivity index is 1.66. The summed E-state index contributed by atoms with van der Waals surface area (Å²) in [7, 11) is 0. The number of amides is 1. The molecule has 25 heavy (non-hydrogen) atoms. The fourth-order valence-corrected chi connectivity index (χ4v) is 2.83. The molecule has 0 bridgehead atoms. The molecule has 0 fully saturated rings. The van der Waals surface area contributed by atoms with Crippen molar-refractivity contribution < 1.29 is 4.79 Å². The van der Waals surface area contributed by atoms with Gasteiger partial charge >= 0.3 is 0 Å². The molecule has 2 N–H and O–H groups in total. The number of nitrogens with zero attached hydrogens (tertiary/aromatic N) is 3. The molecular weight excluding hydrogens is 318 g/mol. The summed E-state index contributed by atoms with van der Waals surface area (Å²) in [6.07, 6.45) is 3.27. The van der Waals surface area contributed by atoms with Crippen LogP contribution >= 0.6 is 0 Å². The topological polar surface area (TPSA) is 92.1 Å². The van der Waals surface area contributed by atoms with Gasteiger partial charge in [-0.2, -0.15) is 0 Å². The van der Waals surface area contributed by atoms with Gasteiger partial charge in [0, 0.05) is 23.3 Å². The molecule has 124 valence electrons. The number of hydrogen-bond acceptors (Lipinski definition) is 4. The molecule has 0 aliphatic heterocycles. The molecule has 1 aromatic carbocycles. The van der Waals surface area contributed by atoms with E-state index in [-0.39, 0.29) is 11.0 Å². The van der Waals surface area contributed by atoms with Gasteiger partial charge in [-0.1, -0.05) is 18.2 Å². The first-order valence-electron chi connectivity index (χ1n) is 7.86. The maximum atomic E-state index is 12.6. The fraction of sp³-hybridized carbons (Fsp3) is 0.111. The minimum atomic E-state index is -0.452. The third-order valence-electron chi connectivity index (χ3n) is 4.11. The van der Waals surface area contributed by atoms with Crippen molar-refractivity contribution in [3.8, 4) is 0 Å². The first-order valence-corrected chi connectivity index (χ1v) is 7.86. The molecule has 0 spiro atoms. The molecule has 0 radical (unpaired) electrons. The van der Waals surface area contributed by atoms with Gasteiger partial charge in [-0.3, -0.25) is 14.0 Å². The molecule has 7 heteroatoms. The highest BCUT2D eigenvalue weighted by Crippen LogP contribution is 2.13. The third kappa shape index (κ3) is 2.55. The third-order valence-corrected chi connectivity index (χ3v) is 4.11. The monoisotopic (exact) mass is 333 g/mol. The summed E-state index contributed by atoms with van der Waals surface area (Å²) in [5.74, 6) is 0.147. The van der Waals surface area contributed by atoms with Crippen molar-refractivity contribution >= 4 is 22.5 Å². The van der Waals surface area contributed by atoms with Gasteiger partial charge in [-0.05, 0) is 31.2 Å². The number of aromatic nitrogens is 4. The summed E-state index contributed by atoms with van der Waals surface area (Å²) in [6, 6.07) is 12.2. The minimum Gasteiger partial charge on any atom is -0.360 e. The predicted molar refractivity (Wildman–Crippen MR) is 93.4 cm³/mol. The van der Waals surface area contributed by atoms with Crippen LogP contribution in [0.4, 0.5) is 0 Å². The van der Waals surface area contributed by atoms with Crippen molar-refractivity contribution in [2.24, 2.45) is 0 Å². The zero-order chi connectivity index (χ0) is 17.4. The minimum absolute atomic E-state index is 0.0689. The van der Waals surface area contributed by atoms with Gasteiger partial charge in [-0.25, -0.2) is 0 Å². The molecule has 0 aliphatic carbocycles. The summed E-state index contributed by atoms with van der Waals surface area (Å²) < 4.78 is 1.80. The lowest BCUT2D eigenvalue weighted by molar-refractivity contribution is 0.0937. The molecule has 1 unspecified atom stereocenters. The molecule has 3 aromatic heterocycles. The standard InChI is InChI=1S/C18H15N5O2/c1-11(17-22-21-15-8-4-5-9-23(15)17)20-18(25)13-10-19-14-7-3-2-6-12(14)16(13)24/h2-11H,1H3,(H,19,24)(H,20,25). The Hall–Kier alpha value is -3.48. The number of para-hydroxylation sites is 1. The maximum absolute atomic E-state index is 12.6. The van der Waals surface area contributed by atoms with E-state index in [1.54, 1.807) is 29.5 Å². The van der Waals surface area contributed by atoms with Gasteiger partial charge in [0.25, 0.3) is 5.91 Å². The SMILES string of the molecule is CC(NC(=O)c1c[nH]c2ccccc2c1=O)c1nnc2ccccn12. The molecule has 4 rings (SSSR count). The molecular formula is C18H15N5O2. The first kappa shape index (κ1) is 15.1. The Labute approximate surface area is 142 Å². The lowest BCUT2D eigenvalue weighted by Crippen LogP contribution is -2.32. The van der Waals surface area contributed by atoms with E-state index in [1.165, 1.54) is 6.20 Å². The van der Waals surface area contributed by atoms with Crippen molar-refractivity contribution in [1.29, 1.82) is 0 Å². The van der Waals surface area contributed by atoms with Gasteiger partial charge < -0.3 is 10.3 Å². The van der Waals surface area contributed by atoms with Crippen molar-refractivity contribution in [2.75, 3.05) is 0 Å². The molecule has 7 nitrogen and oxygen atoms in total. The molecule has 1 atom stereocenters. The van der Waals surface area contributed by atoms with Crippen LogP contribution in [0.3, 0.4) is 0 Å². The van der Waals surface area contributed by atoms with E-state index in [2.05, 4.69) is 20.5 Å². The van der Waals surface area contributed by atoms with Gasteiger partial charge in [0.1, 0.15) is 5.56 Å². The van der Waals surface area contributed by atoms with E-state index < -0.39 is 11.9 Å². The highest BCUT2D eigenvalue weighted by Gasteiger charge is 2.19. The van der Waals surface area contributed by atoms with Crippen LogP contribution in [0, 0.1) is 0 Å². The summed E-state index contributed by atoms with van der Waals surface area (Å²) in [6.45, 7) is 1.80. The Kier molecular flexibility index (Phi) is 3.53. The highest BCUT2D eigenvalue weighted by atomic mass is 16.2. The number of aromatic amines is 1. The van der Waals surface area contributed by atoms with Crippen LogP contribution in [-0.4, -0.2) is 25.5 Å². The van der Waals surface area contributed by atoms with Crippen molar-refractivity contribution in [2.45, 2.75) is 13.0 Å². The van der Waals surface area contributed by atoms with Crippen LogP contribution in [0.2, 0.25) is 0 Å². The summed E-state index contributed by atoms with van der Waals surface area (Å²) in [5.41, 5.74) is 1.16. The number of hydrogen-bond donors (Lipinski definition) is 2. The second-order valence-corrected chi connectivity index (χ2v) is 5.76. The normalized spacial score (nSPS) is 12.4. The largest absolute Gasteiger partial charge is 0.360 e. The van der Waals surface area contributed by atoms with Crippen molar-refractivity contribution in [1.82, 2.24) is 24.9 Å². The average molecular weight is 333 g/mol. The Morgan fingerprint density at radius 1 is 1.16 bits per heavy atom. The lowest BCUT2D eigenvalue weighted by atomic mass is 10.1. The van der Waals surface area contributed by atoms with E-state index >= 15 is 0 Å². The van der Waals surface area contributed by atoms with Gasteiger partial charge in [-0.15, -0.1) is 10.2 Å². The van der Waals surface area contributed by atoms with E-state index in [1.807, 2.05) is 30.5 Å². The second-order valence-electron chi connectivity index (χ2n) is 5.76. The summed E-state index contributed by atoms with van der Waals surface area (Å²) in [4.78, 5) is 28.1. The number of rotatable bonds is 3. The number of nitrogens with one attached hydrogen (secondary N) is 2. The average Bonchev–Trinajstić information content (AvgIpc) is 3.06. The molecule has 3 heterocycles. The van der Waals surface area contributed by atoms with Gasteiger partial charge in [0.15, 0.2) is 11.5 Å². The van der Waals surface area contributed by atoms with Crippen LogP contribution < -0.4 is 10.7 Å². The van der Waals surface area contributed by atoms with Crippen LogP contribution in [-0.2, 0) is 0 Å². The van der Waals surface area contributed by atoms with E-state index in [4.69, 9.17) is 0 Å². The number of carbonyl (C=O) groups is 1. The van der Waals surface area contributed by atoms with Crippen LogP contribution in [0.25, 0.3) is 16.6 Å². The second kappa shape index (κ2) is 5.86. The maximum Gasteiger partial charge on any atom is 0.257 e. The zero-order valence-corrected chi connectivity index (χ0v) is 13.4. The van der Waals surface area contributed by atoms with Crippen molar-refractivity contribution in [3.63, 3.8) is 0 Å². The Morgan fingerprint density at radius 3 is 2.84 bits per heavy atom. The molecule has 0 saturated carbocycles. The molecule has 0 saturated heterocycles.